The molecule has 1 aliphatic rings. The Morgan fingerprint density at radius 2 is 1.72 bits per heavy atom. The van der Waals surface area contributed by atoms with E-state index >= 15 is 0 Å². The number of nitrogens with zero attached hydrogens (tertiary/aromatic N) is 4. The summed E-state index contributed by atoms with van der Waals surface area (Å²) in [5, 5.41) is 8.71. The molecule has 0 unspecified atom stereocenters. The first-order valence-electron chi connectivity index (χ1n) is 8.55. The van der Waals surface area contributed by atoms with Crippen LogP contribution in [0.5, 0.6) is 0 Å². The molecule has 25 heavy (non-hydrogen) atoms. The highest BCUT2D eigenvalue weighted by Gasteiger charge is 2.18. The summed E-state index contributed by atoms with van der Waals surface area (Å²) in [7, 11) is 0. The van der Waals surface area contributed by atoms with Gasteiger partial charge in [0.05, 0.1) is 0 Å². The number of hydrogen-bond donors (Lipinski definition) is 0. The van der Waals surface area contributed by atoms with E-state index in [9.17, 15) is 0 Å². The van der Waals surface area contributed by atoms with E-state index in [1.165, 1.54) is 16.0 Å². The number of aromatic nitrogens is 3. The van der Waals surface area contributed by atoms with Crippen LogP contribution >= 0.6 is 11.3 Å². The standard InChI is InChI=1S/C20H18N4S/c1-2-7-16(8-3-1)19-21-22-20-24(19)14-18(25-20)13-23-11-10-15-6-4-5-9-17(15)12-23/h1-9,14H,10-13H2. The third-order valence-corrected chi connectivity index (χ3v) is 5.74. The van der Waals surface area contributed by atoms with Crippen LogP contribution in [0.3, 0.4) is 0 Å². The van der Waals surface area contributed by atoms with Crippen molar-refractivity contribution in [3.8, 4) is 11.4 Å². The van der Waals surface area contributed by atoms with Gasteiger partial charge in [-0.05, 0) is 17.5 Å². The van der Waals surface area contributed by atoms with Crippen LogP contribution in [0.15, 0.2) is 60.8 Å². The summed E-state index contributed by atoms with van der Waals surface area (Å²) < 4.78 is 2.12. The number of hydrogen-bond acceptors (Lipinski definition) is 4. The van der Waals surface area contributed by atoms with Crippen LogP contribution in [0.1, 0.15) is 16.0 Å². The molecule has 0 aliphatic carbocycles. The zero-order chi connectivity index (χ0) is 16.6. The first-order chi connectivity index (χ1) is 12.4. The summed E-state index contributed by atoms with van der Waals surface area (Å²) in [4.78, 5) is 4.82. The van der Waals surface area contributed by atoms with Crippen molar-refractivity contribution in [3.63, 3.8) is 0 Å². The highest BCUT2D eigenvalue weighted by atomic mass is 32.1. The SMILES string of the molecule is c1ccc(-c2nnc3sc(CN4CCc5ccccc5C4)cn23)cc1. The molecule has 2 aromatic heterocycles. The topological polar surface area (TPSA) is 33.4 Å². The van der Waals surface area contributed by atoms with Gasteiger partial charge >= 0.3 is 0 Å². The van der Waals surface area contributed by atoms with Crippen LogP contribution in [0.4, 0.5) is 0 Å². The summed E-state index contributed by atoms with van der Waals surface area (Å²) in [6, 6.07) is 19.0. The Labute approximate surface area is 150 Å². The van der Waals surface area contributed by atoms with E-state index in [1.54, 1.807) is 11.3 Å². The predicted octanol–water partition coefficient (Wildman–Crippen LogP) is 4.02. The average Bonchev–Trinajstić information content (AvgIpc) is 3.22. The minimum absolute atomic E-state index is 0.919. The van der Waals surface area contributed by atoms with E-state index in [2.05, 4.69) is 62.1 Å². The van der Waals surface area contributed by atoms with Crippen LogP contribution in [0.2, 0.25) is 0 Å². The van der Waals surface area contributed by atoms with Crippen molar-refractivity contribution in [3.05, 3.63) is 76.8 Å². The minimum atomic E-state index is 0.919. The van der Waals surface area contributed by atoms with Gasteiger partial charge in [0.25, 0.3) is 0 Å². The summed E-state index contributed by atoms with van der Waals surface area (Å²) in [6.45, 7) is 3.11. The summed E-state index contributed by atoms with van der Waals surface area (Å²) in [5.41, 5.74) is 4.06. The van der Waals surface area contributed by atoms with Gasteiger partial charge in [-0.2, -0.15) is 0 Å². The molecular formula is C20H18N4S. The Kier molecular flexibility index (Phi) is 3.61. The van der Waals surface area contributed by atoms with E-state index in [-0.39, 0.29) is 0 Å². The van der Waals surface area contributed by atoms with Gasteiger partial charge in [-0.15, -0.1) is 10.2 Å². The Balaban J connectivity index is 1.41. The second-order valence-corrected chi connectivity index (χ2v) is 7.56. The van der Waals surface area contributed by atoms with Gasteiger partial charge in [-0.25, -0.2) is 0 Å². The molecular weight excluding hydrogens is 328 g/mol. The first-order valence-corrected chi connectivity index (χ1v) is 9.36. The lowest BCUT2D eigenvalue weighted by Crippen LogP contribution is -2.29. The monoisotopic (exact) mass is 346 g/mol. The van der Waals surface area contributed by atoms with Crippen LogP contribution in [0.25, 0.3) is 16.3 Å². The number of benzene rings is 2. The molecule has 124 valence electrons. The Morgan fingerprint density at radius 1 is 0.920 bits per heavy atom. The second-order valence-electron chi connectivity index (χ2n) is 6.47. The average molecular weight is 346 g/mol. The van der Waals surface area contributed by atoms with Crippen molar-refractivity contribution in [1.29, 1.82) is 0 Å². The van der Waals surface area contributed by atoms with Crippen LogP contribution in [-0.2, 0) is 19.5 Å². The van der Waals surface area contributed by atoms with Crippen molar-refractivity contribution in [1.82, 2.24) is 19.5 Å². The molecule has 0 atom stereocenters. The van der Waals surface area contributed by atoms with Gasteiger partial charge in [0.15, 0.2) is 5.82 Å². The van der Waals surface area contributed by atoms with Gasteiger partial charge in [0.1, 0.15) is 0 Å². The smallest absolute Gasteiger partial charge is 0.216 e. The maximum absolute atomic E-state index is 4.36. The van der Waals surface area contributed by atoms with Crippen molar-refractivity contribution < 1.29 is 0 Å². The largest absolute Gasteiger partial charge is 0.294 e. The molecule has 1 aliphatic heterocycles. The summed E-state index contributed by atoms with van der Waals surface area (Å²) in [6.07, 6.45) is 3.33. The summed E-state index contributed by atoms with van der Waals surface area (Å²) in [5.74, 6) is 0.919. The van der Waals surface area contributed by atoms with Crippen molar-refractivity contribution in [2.24, 2.45) is 0 Å². The lowest BCUT2D eigenvalue weighted by molar-refractivity contribution is 0.247. The highest BCUT2D eigenvalue weighted by molar-refractivity contribution is 7.17. The third kappa shape index (κ3) is 2.75. The molecule has 5 rings (SSSR count). The lowest BCUT2D eigenvalue weighted by atomic mass is 10.00. The lowest BCUT2D eigenvalue weighted by Gasteiger charge is -2.28. The molecule has 4 aromatic rings. The van der Waals surface area contributed by atoms with E-state index < -0.39 is 0 Å². The minimum Gasteiger partial charge on any atom is -0.294 e. The Bertz CT molecular complexity index is 1020. The van der Waals surface area contributed by atoms with Crippen LogP contribution in [-0.4, -0.2) is 26.0 Å². The maximum Gasteiger partial charge on any atom is 0.216 e. The van der Waals surface area contributed by atoms with E-state index in [0.717, 1.165) is 42.4 Å². The predicted molar refractivity (Wildman–Crippen MR) is 101 cm³/mol. The van der Waals surface area contributed by atoms with Crippen molar-refractivity contribution >= 4 is 16.3 Å². The van der Waals surface area contributed by atoms with Gasteiger partial charge in [0.2, 0.25) is 4.96 Å². The van der Waals surface area contributed by atoms with Crippen molar-refractivity contribution in [2.45, 2.75) is 19.5 Å². The molecule has 0 saturated heterocycles. The highest BCUT2D eigenvalue weighted by Crippen LogP contribution is 2.26. The fourth-order valence-electron chi connectivity index (χ4n) is 3.52. The molecule has 0 spiro atoms. The molecule has 3 heterocycles. The molecule has 0 saturated carbocycles. The molecule has 5 heteroatoms. The molecule has 0 N–H and O–H groups in total. The normalized spacial score (nSPS) is 14.7. The molecule has 0 radical (unpaired) electrons. The first kappa shape index (κ1) is 14.8. The Morgan fingerprint density at radius 3 is 2.60 bits per heavy atom. The quantitative estimate of drug-likeness (QED) is 0.562. The fraction of sp³-hybridized carbons (Fsp3) is 0.200. The second kappa shape index (κ2) is 6.10. The van der Waals surface area contributed by atoms with Crippen LogP contribution in [0, 0.1) is 0 Å². The molecule has 0 amide bonds. The van der Waals surface area contributed by atoms with Crippen molar-refractivity contribution in [2.75, 3.05) is 6.54 Å². The van der Waals surface area contributed by atoms with Crippen LogP contribution < -0.4 is 0 Å². The number of fused-ring (bicyclic) bond motifs is 2. The summed E-state index contributed by atoms with van der Waals surface area (Å²) >= 11 is 1.74. The zero-order valence-electron chi connectivity index (χ0n) is 13.8. The van der Waals surface area contributed by atoms with E-state index in [0.29, 0.717) is 0 Å². The van der Waals surface area contributed by atoms with E-state index in [1.807, 2.05) is 18.2 Å². The van der Waals surface area contributed by atoms with E-state index in [4.69, 9.17) is 0 Å². The molecule has 0 bridgehead atoms. The fourth-order valence-corrected chi connectivity index (χ4v) is 4.48. The molecule has 4 nitrogen and oxygen atoms in total. The number of thiazole rings is 1. The maximum atomic E-state index is 4.36. The molecule has 2 aromatic carbocycles. The third-order valence-electron chi connectivity index (χ3n) is 4.78. The zero-order valence-corrected chi connectivity index (χ0v) is 14.6. The van der Waals surface area contributed by atoms with Gasteiger partial charge in [0, 0.05) is 36.3 Å². The van der Waals surface area contributed by atoms with Gasteiger partial charge < -0.3 is 0 Å². The van der Waals surface area contributed by atoms with Gasteiger partial charge in [-0.3, -0.25) is 9.30 Å². The van der Waals surface area contributed by atoms with Gasteiger partial charge in [-0.1, -0.05) is 65.9 Å². The molecule has 0 fully saturated rings. The number of rotatable bonds is 3. The Hall–Kier alpha value is -2.50.